The van der Waals surface area contributed by atoms with Crippen molar-refractivity contribution < 1.29 is 4.79 Å². The molecule has 1 amide bonds. The number of carbonyl (C=O) groups excluding carboxylic acids is 1. The summed E-state index contributed by atoms with van der Waals surface area (Å²) in [7, 11) is 0. The minimum Gasteiger partial charge on any atom is -0.334 e. The van der Waals surface area contributed by atoms with Crippen molar-refractivity contribution in [2.24, 2.45) is 5.92 Å². The predicted molar refractivity (Wildman–Crippen MR) is 89.5 cm³/mol. The topological polar surface area (TPSA) is 50.2 Å². The number of nitrogens with zero attached hydrogens (tertiary/aromatic N) is 3. The maximum atomic E-state index is 12.7. The van der Waals surface area contributed by atoms with Gasteiger partial charge in [-0.3, -0.25) is 9.48 Å². The molecule has 0 bridgehead atoms. The lowest BCUT2D eigenvalue weighted by molar-refractivity contribution is 0.0694. The molecule has 0 aromatic carbocycles. The zero-order valence-corrected chi connectivity index (χ0v) is 14.3. The van der Waals surface area contributed by atoms with Crippen molar-refractivity contribution >= 4 is 18.3 Å². The third-order valence-electron chi connectivity index (χ3n) is 4.80. The molecule has 124 valence electrons. The second kappa shape index (κ2) is 7.47. The minimum absolute atomic E-state index is 0. The summed E-state index contributed by atoms with van der Waals surface area (Å²) in [5.41, 5.74) is 0.605. The second-order valence-electron chi connectivity index (χ2n) is 6.63. The van der Waals surface area contributed by atoms with Gasteiger partial charge in [-0.25, -0.2) is 0 Å². The fourth-order valence-electron chi connectivity index (χ4n) is 3.60. The van der Waals surface area contributed by atoms with Gasteiger partial charge in [0.05, 0.1) is 6.04 Å². The Balaban J connectivity index is 0.00000176. The molecule has 6 heteroatoms. The standard InChI is InChI=1S/C16H26N4O.ClH/c1-12(2)15-6-4-9-19(15)16(21)14-7-10-20(18-14)13-5-3-8-17-11-13;/h7,10,12-13,15,17H,3-6,8-9,11H2,1-2H3;1H. The van der Waals surface area contributed by atoms with E-state index in [1.165, 1.54) is 6.42 Å². The van der Waals surface area contributed by atoms with Crippen LogP contribution in [0, 0.1) is 5.92 Å². The Hall–Kier alpha value is -1.07. The number of nitrogens with one attached hydrogen (secondary N) is 1. The van der Waals surface area contributed by atoms with Crippen LogP contribution >= 0.6 is 12.4 Å². The summed E-state index contributed by atoms with van der Waals surface area (Å²) in [5.74, 6) is 0.620. The molecule has 2 unspecified atom stereocenters. The number of aromatic nitrogens is 2. The number of amides is 1. The van der Waals surface area contributed by atoms with Crippen LogP contribution in [0.15, 0.2) is 12.3 Å². The van der Waals surface area contributed by atoms with Gasteiger partial charge in [-0.2, -0.15) is 5.10 Å². The number of halogens is 1. The van der Waals surface area contributed by atoms with Crippen LogP contribution in [-0.4, -0.2) is 46.3 Å². The predicted octanol–water partition coefficient (Wildman–Crippen LogP) is 2.49. The fourth-order valence-corrected chi connectivity index (χ4v) is 3.60. The molecule has 5 nitrogen and oxygen atoms in total. The van der Waals surface area contributed by atoms with Gasteiger partial charge in [-0.15, -0.1) is 12.4 Å². The summed E-state index contributed by atoms with van der Waals surface area (Å²) >= 11 is 0. The highest BCUT2D eigenvalue weighted by Crippen LogP contribution is 2.25. The average molecular weight is 327 g/mol. The SMILES string of the molecule is CC(C)C1CCCN1C(=O)c1ccn(C2CCCNC2)n1.Cl. The Morgan fingerprint density at radius 1 is 1.36 bits per heavy atom. The highest BCUT2D eigenvalue weighted by atomic mass is 35.5. The van der Waals surface area contributed by atoms with E-state index >= 15 is 0 Å². The zero-order chi connectivity index (χ0) is 14.8. The van der Waals surface area contributed by atoms with E-state index in [4.69, 9.17) is 0 Å². The van der Waals surface area contributed by atoms with Crippen LogP contribution in [0.25, 0.3) is 0 Å². The first-order chi connectivity index (χ1) is 10.2. The van der Waals surface area contributed by atoms with Crippen LogP contribution in [0.1, 0.15) is 56.1 Å². The molecule has 2 aliphatic rings. The van der Waals surface area contributed by atoms with Crippen molar-refractivity contribution in [2.75, 3.05) is 19.6 Å². The van der Waals surface area contributed by atoms with E-state index in [0.717, 1.165) is 38.9 Å². The van der Waals surface area contributed by atoms with E-state index in [-0.39, 0.29) is 18.3 Å². The van der Waals surface area contributed by atoms with Gasteiger partial charge in [0, 0.05) is 25.3 Å². The number of hydrogen-bond acceptors (Lipinski definition) is 3. The molecule has 1 aromatic rings. The molecular formula is C16H27ClN4O. The zero-order valence-electron chi connectivity index (χ0n) is 13.5. The first kappa shape index (κ1) is 17.3. The summed E-state index contributed by atoms with van der Waals surface area (Å²) in [6, 6.07) is 2.64. The smallest absolute Gasteiger partial charge is 0.274 e. The van der Waals surface area contributed by atoms with Crippen molar-refractivity contribution in [3.63, 3.8) is 0 Å². The molecule has 0 aliphatic carbocycles. The summed E-state index contributed by atoms with van der Waals surface area (Å²) in [6.45, 7) is 7.31. The molecule has 22 heavy (non-hydrogen) atoms. The third-order valence-corrected chi connectivity index (χ3v) is 4.80. The lowest BCUT2D eigenvalue weighted by atomic mass is 10.0. The number of rotatable bonds is 3. The monoisotopic (exact) mass is 326 g/mol. The summed E-state index contributed by atoms with van der Waals surface area (Å²) in [6.07, 6.45) is 6.51. The molecular weight excluding hydrogens is 300 g/mol. The van der Waals surface area contributed by atoms with E-state index in [1.54, 1.807) is 0 Å². The van der Waals surface area contributed by atoms with Crippen molar-refractivity contribution in [2.45, 2.75) is 51.6 Å². The molecule has 0 radical (unpaired) electrons. The lowest BCUT2D eigenvalue weighted by Gasteiger charge is -2.27. The average Bonchev–Trinajstić information content (AvgIpc) is 3.17. The second-order valence-corrected chi connectivity index (χ2v) is 6.63. The Labute approximate surface area is 138 Å². The van der Waals surface area contributed by atoms with E-state index in [2.05, 4.69) is 24.3 Å². The van der Waals surface area contributed by atoms with Crippen molar-refractivity contribution in [1.29, 1.82) is 0 Å². The van der Waals surface area contributed by atoms with Crippen LogP contribution < -0.4 is 5.32 Å². The van der Waals surface area contributed by atoms with Gasteiger partial charge in [0.15, 0.2) is 0 Å². The number of piperidine rings is 1. The highest BCUT2D eigenvalue weighted by molar-refractivity contribution is 5.92. The lowest BCUT2D eigenvalue weighted by Crippen LogP contribution is -2.39. The maximum absolute atomic E-state index is 12.7. The highest BCUT2D eigenvalue weighted by Gasteiger charge is 2.32. The molecule has 2 saturated heterocycles. The number of carbonyl (C=O) groups is 1. The van der Waals surface area contributed by atoms with Crippen molar-refractivity contribution in [3.8, 4) is 0 Å². The van der Waals surface area contributed by atoms with E-state index in [0.29, 0.717) is 23.7 Å². The van der Waals surface area contributed by atoms with Gasteiger partial charge >= 0.3 is 0 Å². The van der Waals surface area contributed by atoms with E-state index in [9.17, 15) is 4.79 Å². The van der Waals surface area contributed by atoms with E-state index < -0.39 is 0 Å². The molecule has 2 aliphatic heterocycles. The molecule has 1 N–H and O–H groups in total. The largest absolute Gasteiger partial charge is 0.334 e. The van der Waals surface area contributed by atoms with Crippen molar-refractivity contribution in [1.82, 2.24) is 20.0 Å². The Morgan fingerprint density at radius 2 is 2.18 bits per heavy atom. The van der Waals surface area contributed by atoms with Crippen LogP contribution in [0.2, 0.25) is 0 Å². The third kappa shape index (κ3) is 3.46. The Morgan fingerprint density at radius 3 is 2.86 bits per heavy atom. The summed E-state index contributed by atoms with van der Waals surface area (Å²) in [5, 5.41) is 7.95. The van der Waals surface area contributed by atoms with Gasteiger partial charge < -0.3 is 10.2 Å². The molecule has 1 aromatic heterocycles. The molecule has 0 spiro atoms. The van der Waals surface area contributed by atoms with Gasteiger partial charge in [0.1, 0.15) is 5.69 Å². The normalized spacial score (nSPS) is 25.3. The molecule has 2 fully saturated rings. The van der Waals surface area contributed by atoms with Crippen LogP contribution in [-0.2, 0) is 0 Å². The minimum atomic E-state index is 0. The van der Waals surface area contributed by atoms with Crippen molar-refractivity contribution in [3.05, 3.63) is 18.0 Å². The van der Waals surface area contributed by atoms with Crippen LogP contribution in [0.5, 0.6) is 0 Å². The van der Waals surface area contributed by atoms with Gasteiger partial charge in [-0.1, -0.05) is 13.8 Å². The molecule has 3 heterocycles. The summed E-state index contributed by atoms with van der Waals surface area (Å²) in [4.78, 5) is 14.7. The van der Waals surface area contributed by atoms with E-state index in [1.807, 2.05) is 21.8 Å². The molecule has 0 saturated carbocycles. The summed E-state index contributed by atoms with van der Waals surface area (Å²) < 4.78 is 1.97. The van der Waals surface area contributed by atoms with Crippen LogP contribution in [0.4, 0.5) is 0 Å². The quantitative estimate of drug-likeness (QED) is 0.928. The Kier molecular flexibility index (Phi) is 5.87. The number of likely N-dealkylation sites (tertiary alicyclic amines) is 1. The molecule has 3 rings (SSSR count). The maximum Gasteiger partial charge on any atom is 0.274 e. The Bertz CT molecular complexity index is 496. The van der Waals surface area contributed by atoms with Gasteiger partial charge in [-0.05, 0) is 44.2 Å². The molecule has 2 atom stereocenters. The van der Waals surface area contributed by atoms with Gasteiger partial charge in [0.25, 0.3) is 5.91 Å². The first-order valence-corrected chi connectivity index (χ1v) is 8.23. The van der Waals surface area contributed by atoms with Gasteiger partial charge in [0.2, 0.25) is 0 Å². The van der Waals surface area contributed by atoms with Crippen LogP contribution in [0.3, 0.4) is 0 Å². The fraction of sp³-hybridized carbons (Fsp3) is 0.750. The first-order valence-electron chi connectivity index (χ1n) is 8.23. The number of hydrogen-bond donors (Lipinski definition) is 1.